The topological polar surface area (TPSA) is 70.1 Å². The molecule has 0 fully saturated rings. The number of hydrogen-bond donors (Lipinski definition) is 3. The van der Waals surface area contributed by atoms with E-state index in [1.807, 2.05) is 6.92 Å². The fourth-order valence-electron chi connectivity index (χ4n) is 1.95. The smallest absolute Gasteiger partial charge is 0.134 e. The Hall–Kier alpha value is -1.36. The molecule has 0 saturated heterocycles. The zero-order valence-electron chi connectivity index (χ0n) is 13.4. The molecule has 0 aromatic carbocycles. The Morgan fingerprint density at radius 1 is 1.10 bits per heavy atom. The van der Waals surface area contributed by atoms with E-state index in [0.717, 1.165) is 49.0 Å². The normalized spacial score (nSPS) is 11.5. The van der Waals surface area contributed by atoms with Gasteiger partial charge < -0.3 is 15.7 Å². The molecule has 0 aliphatic heterocycles. The van der Waals surface area contributed by atoms with Crippen molar-refractivity contribution in [3.63, 3.8) is 0 Å². The first-order valence-electron chi connectivity index (χ1n) is 7.39. The summed E-state index contributed by atoms with van der Waals surface area (Å²) in [6.07, 6.45) is 1.58. The zero-order chi connectivity index (χ0) is 15.2. The Labute approximate surface area is 122 Å². The van der Waals surface area contributed by atoms with Gasteiger partial charge in [0.1, 0.15) is 17.5 Å². The van der Waals surface area contributed by atoms with Crippen molar-refractivity contribution >= 4 is 11.6 Å². The van der Waals surface area contributed by atoms with Crippen molar-refractivity contribution in [3.05, 3.63) is 11.4 Å². The molecule has 0 bridgehead atoms. The molecule has 1 rings (SSSR count). The van der Waals surface area contributed by atoms with E-state index in [1.165, 1.54) is 0 Å². The van der Waals surface area contributed by atoms with Crippen molar-refractivity contribution < 1.29 is 5.11 Å². The summed E-state index contributed by atoms with van der Waals surface area (Å²) in [5.74, 6) is 2.63. The zero-order valence-corrected chi connectivity index (χ0v) is 13.4. The molecule has 114 valence electrons. The molecule has 0 aliphatic rings. The van der Waals surface area contributed by atoms with E-state index in [9.17, 15) is 0 Å². The third-order valence-electron chi connectivity index (χ3n) is 3.38. The predicted octanol–water partition coefficient (Wildman–Crippen LogP) is 2.60. The largest absolute Gasteiger partial charge is 0.396 e. The summed E-state index contributed by atoms with van der Waals surface area (Å²) < 4.78 is 0. The summed E-state index contributed by atoms with van der Waals surface area (Å²) in [6.45, 7) is 12.2. The number of anilines is 2. The van der Waals surface area contributed by atoms with Crippen LogP contribution in [0.2, 0.25) is 0 Å². The third-order valence-corrected chi connectivity index (χ3v) is 3.38. The molecule has 0 aliphatic carbocycles. The summed E-state index contributed by atoms with van der Waals surface area (Å²) in [5, 5.41) is 15.8. The van der Waals surface area contributed by atoms with Crippen LogP contribution in [0.5, 0.6) is 0 Å². The van der Waals surface area contributed by atoms with Gasteiger partial charge in [-0.1, -0.05) is 20.8 Å². The average Bonchev–Trinajstić information content (AvgIpc) is 2.40. The van der Waals surface area contributed by atoms with Crippen molar-refractivity contribution in [1.82, 2.24) is 9.97 Å². The van der Waals surface area contributed by atoms with Gasteiger partial charge in [-0.05, 0) is 25.7 Å². The van der Waals surface area contributed by atoms with Gasteiger partial charge in [0.2, 0.25) is 0 Å². The Balaban J connectivity index is 2.90. The van der Waals surface area contributed by atoms with Crippen LogP contribution in [0, 0.1) is 12.3 Å². The third kappa shape index (κ3) is 4.63. The molecule has 1 aromatic heterocycles. The number of aliphatic hydroxyl groups excluding tert-OH is 1. The van der Waals surface area contributed by atoms with Crippen LogP contribution in [-0.4, -0.2) is 34.8 Å². The van der Waals surface area contributed by atoms with E-state index in [2.05, 4.69) is 48.3 Å². The molecule has 0 radical (unpaired) electrons. The maximum absolute atomic E-state index is 9.09. The van der Waals surface area contributed by atoms with E-state index >= 15 is 0 Å². The van der Waals surface area contributed by atoms with Gasteiger partial charge in [-0.2, -0.15) is 0 Å². The molecule has 0 saturated carbocycles. The minimum absolute atomic E-state index is 0.0386. The van der Waals surface area contributed by atoms with Crippen molar-refractivity contribution in [2.75, 3.05) is 30.3 Å². The van der Waals surface area contributed by atoms with Crippen LogP contribution in [-0.2, 0) is 6.42 Å². The maximum atomic E-state index is 9.09. The number of rotatable bonds is 8. The molecule has 0 unspecified atom stereocenters. The summed E-state index contributed by atoms with van der Waals surface area (Å²) in [6, 6.07) is 0. The van der Waals surface area contributed by atoms with Crippen LogP contribution in [0.1, 0.15) is 45.5 Å². The van der Waals surface area contributed by atoms with Gasteiger partial charge in [0.05, 0.1) is 0 Å². The van der Waals surface area contributed by atoms with Gasteiger partial charge in [0, 0.05) is 31.7 Å². The fourth-order valence-corrected chi connectivity index (χ4v) is 1.95. The van der Waals surface area contributed by atoms with E-state index in [0.29, 0.717) is 0 Å². The van der Waals surface area contributed by atoms with Gasteiger partial charge in [-0.25, -0.2) is 9.97 Å². The molecule has 20 heavy (non-hydrogen) atoms. The number of aryl methyl sites for hydroxylation is 1. The quantitative estimate of drug-likeness (QED) is 0.683. The predicted molar refractivity (Wildman–Crippen MR) is 84.3 cm³/mol. The second-order valence-electron chi connectivity index (χ2n) is 5.84. The summed E-state index contributed by atoms with van der Waals surface area (Å²) in [5.41, 5.74) is 1.08. The number of hydrogen-bond acceptors (Lipinski definition) is 5. The highest BCUT2D eigenvalue weighted by atomic mass is 16.3. The van der Waals surface area contributed by atoms with Gasteiger partial charge in [-0.15, -0.1) is 0 Å². The van der Waals surface area contributed by atoms with Crippen LogP contribution in [0.25, 0.3) is 0 Å². The number of nitrogens with one attached hydrogen (secondary N) is 2. The van der Waals surface area contributed by atoms with E-state index < -0.39 is 0 Å². The molecule has 5 nitrogen and oxygen atoms in total. The summed E-state index contributed by atoms with van der Waals surface area (Å²) >= 11 is 0. The lowest BCUT2D eigenvalue weighted by molar-refractivity contribution is 0.220. The van der Waals surface area contributed by atoms with Crippen molar-refractivity contribution in [3.8, 4) is 0 Å². The van der Waals surface area contributed by atoms with Crippen LogP contribution >= 0.6 is 0 Å². The van der Waals surface area contributed by atoms with Gasteiger partial charge >= 0.3 is 0 Å². The molecule has 3 N–H and O–H groups in total. The van der Waals surface area contributed by atoms with E-state index in [1.54, 1.807) is 0 Å². The molecule has 0 spiro atoms. The average molecular weight is 280 g/mol. The minimum atomic E-state index is 0.0386. The fraction of sp³-hybridized carbons (Fsp3) is 0.733. The molecular formula is C15H28N4O. The van der Waals surface area contributed by atoms with Crippen LogP contribution in [0.15, 0.2) is 0 Å². The Morgan fingerprint density at radius 2 is 1.70 bits per heavy atom. The summed E-state index contributed by atoms with van der Waals surface area (Å²) in [4.78, 5) is 9.09. The Bertz CT molecular complexity index is 432. The SMILES string of the molecule is CCNc1nc(CC)nc(NCC(C)(C)CCO)c1C. The highest BCUT2D eigenvalue weighted by Crippen LogP contribution is 2.24. The number of aliphatic hydroxyl groups is 1. The van der Waals surface area contributed by atoms with Gasteiger partial charge in [0.25, 0.3) is 0 Å². The highest BCUT2D eigenvalue weighted by Gasteiger charge is 2.18. The maximum Gasteiger partial charge on any atom is 0.134 e. The molecule has 5 heteroatoms. The van der Waals surface area contributed by atoms with Gasteiger partial charge in [-0.3, -0.25) is 0 Å². The van der Waals surface area contributed by atoms with Gasteiger partial charge in [0.15, 0.2) is 0 Å². The number of aromatic nitrogens is 2. The second kappa shape index (κ2) is 7.43. The van der Waals surface area contributed by atoms with Crippen molar-refractivity contribution in [2.24, 2.45) is 5.41 Å². The Kier molecular flexibility index (Phi) is 6.20. The lowest BCUT2D eigenvalue weighted by Gasteiger charge is -2.25. The lowest BCUT2D eigenvalue weighted by Crippen LogP contribution is -2.25. The molecule has 0 atom stereocenters. The highest BCUT2D eigenvalue weighted by molar-refractivity contribution is 5.57. The standard InChI is InChI=1S/C15H28N4O/c1-6-12-18-13(16-7-2)11(3)14(19-12)17-10-15(4,5)8-9-20/h20H,6-10H2,1-5H3,(H2,16,17,18,19). The summed E-state index contributed by atoms with van der Waals surface area (Å²) in [7, 11) is 0. The minimum Gasteiger partial charge on any atom is -0.396 e. The van der Waals surface area contributed by atoms with Crippen LogP contribution in [0.3, 0.4) is 0 Å². The molecule has 1 heterocycles. The molecule has 1 aromatic rings. The molecule has 0 amide bonds. The first-order chi connectivity index (χ1) is 9.43. The van der Waals surface area contributed by atoms with Crippen molar-refractivity contribution in [2.45, 2.75) is 47.5 Å². The van der Waals surface area contributed by atoms with E-state index in [-0.39, 0.29) is 12.0 Å². The Morgan fingerprint density at radius 3 is 2.20 bits per heavy atom. The van der Waals surface area contributed by atoms with Crippen LogP contribution < -0.4 is 10.6 Å². The second-order valence-corrected chi connectivity index (χ2v) is 5.84. The first kappa shape index (κ1) is 16.7. The first-order valence-corrected chi connectivity index (χ1v) is 7.39. The number of nitrogens with zero attached hydrogens (tertiary/aromatic N) is 2. The monoisotopic (exact) mass is 280 g/mol. The molecular weight excluding hydrogens is 252 g/mol. The lowest BCUT2D eigenvalue weighted by atomic mass is 9.90. The van der Waals surface area contributed by atoms with Crippen molar-refractivity contribution in [1.29, 1.82) is 0 Å². The van der Waals surface area contributed by atoms with Crippen LogP contribution in [0.4, 0.5) is 11.6 Å². The van der Waals surface area contributed by atoms with E-state index in [4.69, 9.17) is 5.11 Å².